The van der Waals surface area contributed by atoms with Gasteiger partial charge in [-0.15, -0.1) is 0 Å². The SMILES string of the molecule is CNC(=O)c1cc(-c2nn(C)c3ccnc(OC)c23)cn1C(C)C. The van der Waals surface area contributed by atoms with Gasteiger partial charge in [-0.25, -0.2) is 4.98 Å². The lowest BCUT2D eigenvalue weighted by Crippen LogP contribution is -2.22. The maximum absolute atomic E-state index is 12.2. The number of aryl methyl sites for hydroxylation is 1. The summed E-state index contributed by atoms with van der Waals surface area (Å²) in [7, 11) is 5.10. The van der Waals surface area contributed by atoms with Crippen LogP contribution in [0.2, 0.25) is 0 Å². The van der Waals surface area contributed by atoms with Gasteiger partial charge in [-0.05, 0) is 26.0 Å². The van der Waals surface area contributed by atoms with Gasteiger partial charge in [0.15, 0.2) is 0 Å². The fraction of sp³-hybridized carbons (Fsp3) is 0.353. The van der Waals surface area contributed by atoms with Gasteiger partial charge in [0, 0.05) is 38.1 Å². The third-order valence-electron chi connectivity index (χ3n) is 4.06. The van der Waals surface area contributed by atoms with Crippen molar-refractivity contribution >= 4 is 16.8 Å². The van der Waals surface area contributed by atoms with E-state index in [1.54, 1.807) is 25.0 Å². The zero-order valence-electron chi connectivity index (χ0n) is 14.5. The first-order valence-electron chi connectivity index (χ1n) is 7.78. The van der Waals surface area contributed by atoms with Crippen molar-refractivity contribution < 1.29 is 9.53 Å². The lowest BCUT2D eigenvalue weighted by atomic mass is 10.1. The average molecular weight is 327 g/mol. The summed E-state index contributed by atoms with van der Waals surface area (Å²) >= 11 is 0. The molecule has 1 N–H and O–H groups in total. The molecule has 126 valence electrons. The normalized spacial score (nSPS) is 11.2. The molecule has 7 heteroatoms. The van der Waals surface area contributed by atoms with Crippen LogP contribution in [0.4, 0.5) is 0 Å². The van der Waals surface area contributed by atoms with Gasteiger partial charge in [0.05, 0.1) is 18.0 Å². The molecule has 0 saturated carbocycles. The van der Waals surface area contributed by atoms with Crippen molar-refractivity contribution in [2.45, 2.75) is 19.9 Å². The Balaban J connectivity index is 2.27. The molecule has 3 rings (SSSR count). The number of hydrogen-bond donors (Lipinski definition) is 1. The largest absolute Gasteiger partial charge is 0.480 e. The summed E-state index contributed by atoms with van der Waals surface area (Å²) in [6, 6.07) is 3.90. The Morgan fingerprint density at radius 2 is 2.12 bits per heavy atom. The van der Waals surface area contributed by atoms with Gasteiger partial charge < -0.3 is 14.6 Å². The molecule has 0 atom stereocenters. The predicted octanol–water partition coefficient (Wildman–Crippen LogP) is 2.39. The van der Waals surface area contributed by atoms with Crippen LogP contribution in [0.5, 0.6) is 5.88 Å². The number of nitrogens with one attached hydrogen (secondary N) is 1. The van der Waals surface area contributed by atoms with Gasteiger partial charge in [0.25, 0.3) is 5.91 Å². The molecule has 3 heterocycles. The standard InChI is InChI=1S/C17H21N5O2/c1-10(2)22-9-11(8-13(22)16(23)18-3)15-14-12(21(4)20-15)6-7-19-17(14)24-5/h6-10H,1-5H3,(H,18,23). The molecule has 0 aliphatic carbocycles. The number of methoxy groups -OCH3 is 1. The van der Waals surface area contributed by atoms with E-state index in [2.05, 4.69) is 15.4 Å². The number of carbonyl (C=O) groups excluding carboxylic acids is 1. The van der Waals surface area contributed by atoms with Crippen LogP contribution < -0.4 is 10.1 Å². The number of carbonyl (C=O) groups is 1. The van der Waals surface area contributed by atoms with Gasteiger partial charge >= 0.3 is 0 Å². The maximum atomic E-state index is 12.2. The third kappa shape index (κ3) is 2.42. The van der Waals surface area contributed by atoms with Crippen LogP contribution >= 0.6 is 0 Å². The Bertz CT molecular complexity index is 907. The third-order valence-corrected chi connectivity index (χ3v) is 4.06. The summed E-state index contributed by atoms with van der Waals surface area (Å²) in [6.45, 7) is 4.07. The molecular weight excluding hydrogens is 306 g/mol. The zero-order chi connectivity index (χ0) is 17.4. The van der Waals surface area contributed by atoms with E-state index in [9.17, 15) is 4.79 Å². The molecule has 0 saturated heterocycles. The Morgan fingerprint density at radius 1 is 1.38 bits per heavy atom. The number of fused-ring (bicyclic) bond motifs is 1. The van der Waals surface area contributed by atoms with Crippen molar-refractivity contribution in [3.05, 3.63) is 30.2 Å². The summed E-state index contributed by atoms with van der Waals surface area (Å²) in [5, 5.41) is 8.14. The second-order valence-electron chi connectivity index (χ2n) is 5.88. The summed E-state index contributed by atoms with van der Waals surface area (Å²) in [5.74, 6) is 0.398. The summed E-state index contributed by atoms with van der Waals surface area (Å²) in [4.78, 5) is 16.5. The average Bonchev–Trinajstić information content (AvgIpc) is 3.16. The minimum atomic E-state index is -0.125. The fourth-order valence-corrected chi connectivity index (χ4v) is 2.88. The second-order valence-corrected chi connectivity index (χ2v) is 5.88. The van der Waals surface area contributed by atoms with E-state index in [1.807, 2.05) is 43.8 Å². The zero-order valence-corrected chi connectivity index (χ0v) is 14.5. The molecule has 0 radical (unpaired) electrons. The van der Waals surface area contributed by atoms with Crippen LogP contribution in [0.1, 0.15) is 30.4 Å². The highest BCUT2D eigenvalue weighted by atomic mass is 16.5. The molecule has 0 spiro atoms. The number of hydrogen-bond acceptors (Lipinski definition) is 4. The highest BCUT2D eigenvalue weighted by molar-refractivity contribution is 5.99. The number of amides is 1. The first-order chi connectivity index (χ1) is 11.5. The van der Waals surface area contributed by atoms with Gasteiger partial charge in [0.1, 0.15) is 11.4 Å². The van der Waals surface area contributed by atoms with Gasteiger partial charge in [-0.3, -0.25) is 9.48 Å². The fourth-order valence-electron chi connectivity index (χ4n) is 2.88. The van der Waals surface area contributed by atoms with Gasteiger partial charge in [-0.2, -0.15) is 5.10 Å². The molecule has 0 aliphatic heterocycles. The monoisotopic (exact) mass is 327 g/mol. The molecule has 3 aromatic heterocycles. The molecule has 3 aromatic rings. The van der Waals surface area contributed by atoms with Crippen molar-refractivity contribution in [2.24, 2.45) is 7.05 Å². The smallest absolute Gasteiger partial charge is 0.267 e. The topological polar surface area (TPSA) is 74.0 Å². The van der Waals surface area contributed by atoms with Crippen LogP contribution in [0.3, 0.4) is 0 Å². The summed E-state index contributed by atoms with van der Waals surface area (Å²) < 4.78 is 9.14. The van der Waals surface area contributed by atoms with Gasteiger partial charge in [0.2, 0.25) is 5.88 Å². The van der Waals surface area contributed by atoms with E-state index in [-0.39, 0.29) is 11.9 Å². The van der Waals surface area contributed by atoms with Crippen molar-refractivity contribution in [1.29, 1.82) is 0 Å². The second kappa shape index (κ2) is 5.99. The molecule has 7 nitrogen and oxygen atoms in total. The van der Waals surface area contributed by atoms with Crippen LogP contribution in [0, 0.1) is 0 Å². The van der Waals surface area contributed by atoms with E-state index >= 15 is 0 Å². The summed E-state index contributed by atoms with van der Waals surface area (Å²) in [6.07, 6.45) is 3.64. The summed E-state index contributed by atoms with van der Waals surface area (Å²) in [5.41, 5.74) is 3.14. The number of nitrogens with zero attached hydrogens (tertiary/aromatic N) is 4. The first-order valence-corrected chi connectivity index (χ1v) is 7.78. The number of pyridine rings is 1. The molecule has 1 amide bonds. The molecule has 0 bridgehead atoms. The molecular formula is C17H21N5O2. The first kappa shape index (κ1) is 16.0. The van der Waals surface area contributed by atoms with Crippen molar-refractivity contribution in [3.63, 3.8) is 0 Å². The van der Waals surface area contributed by atoms with E-state index in [1.165, 1.54) is 0 Å². The number of aromatic nitrogens is 4. The minimum absolute atomic E-state index is 0.125. The molecule has 0 fully saturated rings. The van der Waals surface area contributed by atoms with Crippen LogP contribution in [0.25, 0.3) is 22.2 Å². The highest BCUT2D eigenvalue weighted by Gasteiger charge is 2.21. The Morgan fingerprint density at radius 3 is 2.75 bits per heavy atom. The quantitative estimate of drug-likeness (QED) is 0.798. The highest BCUT2D eigenvalue weighted by Crippen LogP contribution is 2.34. The molecule has 0 aliphatic rings. The molecule has 0 unspecified atom stereocenters. The maximum Gasteiger partial charge on any atom is 0.267 e. The minimum Gasteiger partial charge on any atom is -0.480 e. The van der Waals surface area contributed by atoms with Crippen molar-refractivity contribution in [2.75, 3.05) is 14.2 Å². The number of rotatable bonds is 4. The van der Waals surface area contributed by atoms with Crippen molar-refractivity contribution in [1.82, 2.24) is 24.6 Å². The lowest BCUT2D eigenvalue weighted by Gasteiger charge is -2.11. The number of ether oxygens (including phenoxy) is 1. The molecule has 0 aromatic carbocycles. The Kier molecular flexibility index (Phi) is 4.01. The Hall–Kier alpha value is -2.83. The van der Waals surface area contributed by atoms with Crippen LogP contribution in [0.15, 0.2) is 24.5 Å². The van der Waals surface area contributed by atoms with Gasteiger partial charge in [-0.1, -0.05) is 0 Å². The van der Waals surface area contributed by atoms with Crippen LogP contribution in [-0.4, -0.2) is 39.4 Å². The molecule has 24 heavy (non-hydrogen) atoms. The van der Waals surface area contributed by atoms with E-state index in [0.717, 1.165) is 22.2 Å². The van der Waals surface area contributed by atoms with Crippen LogP contribution in [-0.2, 0) is 7.05 Å². The van der Waals surface area contributed by atoms with E-state index in [0.29, 0.717) is 11.6 Å². The predicted molar refractivity (Wildman–Crippen MR) is 92.3 cm³/mol. The van der Waals surface area contributed by atoms with Crippen molar-refractivity contribution in [3.8, 4) is 17.1 Å². The lowest BCUT2D eigenvalue weighted by molar-refractivity contribution is 0.0952. The van der Waals surface area contributed by atoms with E-state index in [4.69, 9.17) is 4.74 Å². The Labute approximate surface area is 140 Å². The van der Waals surface area contributed by atoms with E-state index < -0.39 is 0 Å².